The molecule has 0 bridgehead atoms. The first-order valence-electron chi connectivity index (χ1n) is 3.65. The van der Waals surface area contributed by atoms with Crippen molar-refractivity contribution in [2.75, 3.05) is 0 Å². The van der Waals surface area contributed by atoms with Crippen molar-refractivity contribution in [2.24, 2.45) is 0 Å². The SMILES string of the molecule is [CH2]CC/C=C/CCC[CH2]. The van der Waals surface area contributed by atoms with Gasteiger partial charge in [0.1, 0.15) is 0 Å². The fraction of sp³-hybridized carbons (Fsp3) is 0.556. The normalized spacial score (nSPS) is 10.9. The van der Waals surface area contributed by atoms with Crippen molar-refractivity contribution in [2.45, 2.75) is 32.1 Å². The van der Waals surface area contributed by atoms with E-state index >= 15 is 0 Å². The van der Waals surface area contributed by atoms with Gasteiger partial charge >= 0.3 is 0 Å². The Bertz CT molecular complexity index is 62.4. The molecule has 0 aliphatic heterocycles. The molecule has 0 aromatic heterocycles. The van der Waals surface area contributed by atoms with Gasteiger partial charge in [-0.3, -0.25) is 0 Å². The van der Waals surface area contributed by atoms with E-state index in [0.717, 1.165) is 19.3 Å². The molecule has 0 saturated heterocycles. The number of hydrogen-bond acceptors (Lipinski definition) is 0. The zero-order valence-corrected chi connectivity index (χ0v) is 6.10. The first-order chi connectivity index (χ1) is 4.41. The van der Waals surface area contributed by atoms with Crippen LogP contribution < -0.4 is 0 Å². The van der Waals surface area contributed by atoms with E-state index in [0.29, 0.717) is 0 Å². The van der Waals surface area contributed by atoms with Crippen molar-refractivity contribution in [3.8, 4) is 0 Å². The average Bonchev–Trinajstić information content (AvgIpc) is 1.89. The quantitative estimate of drug-likeness (QED) is 0.390. The molecule has 0 aliphatic rings. The molecule has 0 nitrogen and oxygen atoms in total. The van der Waals surface area contributed by atoms with Gasteiger partial charge in [0.05, 0.1) is 0 Å². The predicted octanol–water partition coefficient (Wildman–Crippen LogP) is 3.16. The molecule has 0 unspecified atom stereocenters. The lowest BCUT2D eigenvalue weighted by Crippen LogP contribution is -1.67. The highest BCUT2D eigenvalue weighted by molar-refractivity contribution is 4.81. The molecule has 0 saturated carbocycles. The highest BCUT2D eigenvalue weighted by Gasteiger charge is 1.76. The van der Waals surface area contributed by atoms with Gasteiger partial charge in [0.15, 0.2) is 0 Å². The Kier molecular flexibility index (Phi) is 7.52. The number of unbranched alkanes of at least 4 members (excludes halogenated alkanes) is 3. The number of allylic oxidation sites excluding steroid dienone is 2. The van der Waals surface area contributed by atoms with Gasteiger partial charge in [0, 0.05) is 0 Å². The van der Waals surface area contributed by atoms with Crippen LogP contribution in [0.5, 0.6) is 0 Å². The van der Waals surface area contributed by atoms with Gasteiger partial charge in [-0.2, -0.15) is 0 Å². The molecule has 2 radical (unpaired) electrons. The Hall–Kier alpha value is -0.260. The van der Waals surface area contributed by atoms with Crippen LogP contribution in [0.15, 0.2) is 12.2 Å². The summed E-state index contributed by atoms with van der Waals surface area (Å²) in [6, 6.07) is 0. The minimum Gasteiger partial charge on any atom is -0.0885 e. The fourth-order valence-corrected chi connectivity index (χ4v) is 0.616. The second-order valence-corrected chi connectivity index (χ2v) is 2.11. The van der Waals surface area contributed by atoms with Crippen molar-refractivity contribution in [1.82, 2.24) is 0 Å². The Balaban J connectivity index is 2.86. The van der Waals surface area contributed by atoms with Gasteiger partial charge in [0.2, 0.25) is 0 Å². The van der Waals surface area contributed by atoms with Crippen LogP contribution in [-0.4, -0.2) is 0 Å². The first kappa shape index (κ1) is 8.74. The smallest absolute Gasteiger partial charge is 0.0351 e. The van der Waals surface area contributed by atoms with Crippen LogP contribution in [0.3, 0.4) is 0 Å². The van der Waals surface area contributed by atoms with Crippen molar-refractivity contribution < 1.29 is 0 Å². The van der Waals surface area contributed by atoms with Gasteiger partial charge in [-0.25, -0.2) is 0 Å². The summed E-state index contributed by atoms with van der Waals surface area (Å²) < 4.78 is 0. The van der Waals surface area contributed by atoms with Crippen LogP contribution in [0.2, 0.25) is 0 Å². The lowest BCUT2D eigenvalue weighted by atomic mass is 10.2. The van der Waals surface area contributed by atoms with Crippen LogP contribution in [0.25, 0.3) is 0 Å². The highest BCUT2D eigenvalue weighted by atomic mass is 13.8. The van der Waals surface area contributed by atoms with Gasteiger partial charge in [-0.05, 0) is 25.7 Å². The van der Waals surface area contributed by atoms with Crippen molar-refractivity contribution in [3.05, 3.63) is 26.0 Å². The molecule has 52 valence electrons. The maximum absolute atomic E-state index is 3.76. The van der Waals surface area contributed by atoms with E-state index in [2.05, 4.69) is 26.0 Å². The Morgan fingerprint density at radius 3 is 2.11 bits per heavy atom. The lowest BCUT2D eigenvalue weighted by molar-refractivity contribution is 0.860. The standard InChI is InChI=1S/C9H16/c1-3-5-7-9-8-6-4-2/h7,9H,1-6,8H2/b9-7+. The fourth-order valence-electron chi connectivity index (χ4n) is 0.616. The van der Waals surface area contributed by atoms with Crippen LogP contribution in [0.4, 0.5) is 0 Å². The third-order valence-electron chi connectivity index (χ3n) is 1.16. The van der Waals surface area contributed by atoms with Gasteiger partial charge in [-0.1, -0.05) is 32.4 Å². The Morgan fingerprint density at radius 2 is 1.56 bits per heavy atom. The first-order valence-corrected chi connectivity index (χ1v) is 3.65. The van der Waals surface area contributed by atoms with Crippen LogP contribution in [-0.2, 0) is 0 Å². The molecule has 0 spiro atoms. The van der Waals surface area contributed by atoms with Gasteiger partial charge < -0.3 is 0 Å². The molecular weight excluding hydrogens is 108 g/mol. The molecule has 0 aliphatic carbocycles. The van der Waals surface area contributed by atoms with Crippen molar-refractivity contribution in [1.29, 1.82) is 0 Å². The number of hydrogen-bond donors (Lipinski definition) is 0. The van der Waals surface area contributed by atoms with E-state index in [9.17, 15) is 0 Å². The molecule has 0 heteroatoms. The summed E-state index contributed by atoms with van der Waals surface area (Å²) in [7, 11) is 0. The zero-order chi connectivity index (χ0) is 6.95. The topological polar surface area (TPSA) is 0 Å². The maximum atomic E-state index is 3.76. The summed E-state index contributed by atoms with van der Waals surface area (Å²) in [5, 5.41) is 0. The molecule has 0 heterocycles. The minimum absolute atomic E-state index is 1.01. The molecule has 0 rings (SSSR count). The molecule has 0 aromatic carbocycles. The molecule has 0 N–H and O–H groups in total. The summed E-state index contributed by atoms with van der Waals surface area (Å²) >= 11 is 0. The van der Waals surface area contributed by atoms with Gasteiger partial charge in [0.25, 0.3) is 0 Å². The lowest BCUT2D eigenvalue weighted by Gasteiger charge is -1.87. The van der Waals surface area contributed by atoms with Crippen LogP contribution in [0, 0.1) is 13.8 Å². The summed E-state index contributed by atoms with van der Waals surface area (Å²) in [5.41, 5.74) is 0. The molecule has 0 amide bonds. The third-order valence-corrected chi connectivity index (χ3v) is 1.16. The maximum Gasteiger partial charge on any atom is -0.0351 e. The monoisotopic (exact) mass is 124 g/mol. The summed E-state index contributed by atoms with van der Waals surface area (Å²) in [6.07, 6.45) is 10.0. The third kappa shape index (κ3) is 7.74. The second-order valence-electron chi connectivity index (χ2n) is 2.11. The summed E-state index contributed by atoms with van der Waals surface area (Å²) in [6.45, 7) is 7.50. The number of rotatable bonds is 5. The Morgan fingerprint density at radius 1 is 0.889 bits per heavy atom. The van der Waals surface area contributed by atoms with E-state index < -0.39 is 0 Å². The minimum atomic E-state index is 1.01. The van der Waals surface area contributed by atoms with E-state index in [1.165, 1.54) is 12.8 Å². The van der Waals surface area contributed by atoms with Crippen molar-refractivity contribution >= 4 is 0 Å². The molecular formula is C9H16. The second kappa shape index (κ2) is 7.74. The average molecular weight is 124 g/mol. The summed E-state index contributed by atoms with van der Waals surface area (Å²) in [4.78, 5) is 0. The van der Waals surface area contributed by atoms with E-state index in [1.807, 2.05) is 0 Å². The van der Waals surface area contributed by atoms with E-state index in [1.54, 1.807) is 0 Å². The van der Waals surface area contributed by atoms with Gasteiger partial charge in [-0.15, -0.1) is 0 Å². The van der Waals surface area contributed by atoms with Crippen LogP contribution >= 0.6 is 0 Å². The van der Waals surface area contributed by atoms with Crippen LogP contribution in [0.1, 0.15) is 32.1 Å². The Labute approximate surface area is 59.0 Å². The van der Waals surface area contributed by atoms with Crippen molar-refractivity contribution in [3.63, 3.8) is 0 Å². The highest BCUT2D eigenvalue weighted by Crippen LogP contribution is 1.96. The molecule has 9 heavy (non-hydrogen) atoms. The molecule has 0 fully saturated rings. The largest absolute Gasteiger partial charge is 0.0885 e. The predicted molar refractivity (Wildman–Crippen MR) is 42.9 cm³/mol. The van der Waals surface area contributed by atoms with E-state index in [4.69, 9.17) is 0 Å². The zero-order valence-electron chi connectivity index (χ0n) is 6.10. The molecule has 0 atom stereocenters. The van der Waals surface area contributed by atoms with E-state index in [-0.39, 0.29) is 0 Å². The summed E-state index contributed by atoms with van der Waals surface area (Å²) in [5.74, 6) is 0. The molecule has 0 aromatic rings.